The van der Waals surface area contributed by atoms with Gasteiger partial charge in [0.25, 0.3) is 0 Å². The van der Waals surface area contributed by atoms with Crippen LogP contribution in [0.4, 0.5) is 0 Å². The molecule has 0 atom stereocenters. The quantitative estimate of drug-likeness (QED) is 0.442. The van der Waals surface area contributed by atoms with Gasteiger partial charge in [-0.3, -0.25) is 0 Å². The Balaban J connectivity index is 1.80. The standard InChI is InChI=1S/C16H26O2/c1-2-3-4-13-16(17-14-9-5-6-10-14)18-15-11-7-8-12-15/h9,11,16H,2-8,10,12-13H2,1H3. The van der Waals surface area contributed by atoms with Gasteiger partial charge in [-0.05, 0) is 44.3 Å². The van der Waals surface area contributed by atoms with Crippen LogP contribution in [0.2, 0.25) is 0 Å². The summed E-state index contributed by atoms with van der Waals surface area (Å²) < 4.78 is 12.0. The van der Waals surface area contributed by atoms with Crippen molar-refractivity contribution >= 4 is 0 Å². The van der Waals surface area contributed by atoms with E-state index in [0.29, 0.717) is 0 Å². The van der Waals surface area contributed by atoms with Crippen LogP contribution in [0.1, 0.15) is 71.1 Å². The van der Waals surface area contributed by atoms with Gasteiger partial charge in [0.15, 0.2) is 0 Å². The first-order valence-electron chi connectivity index (χ1n) is 7.60. The van der Waals surface area contributed by atoms with Crippen LogP contribution in [0.25, 0.3) is 0 Å². The molecule has 2 aliphatic carbocycles. The molecule has 102 valence electrons. The van der Waals surface area contributed by atoms with Gasteiger partial charge in [0, 0.05) is 19.3 Å². The van der Waals surface area contributed by atoms with E-state index in [-0.39, 0.29) is 6.29 Å². The maximum absolute atomic E-state index is 6.02. The van der Waals surface area contributed by atoms with E-state index >= 15 is 0 Å². The number of ether oxygens (including phenoxy) is 2. The fourth-order valence-corrected chi connectivity index (χ4v) is 2.54. The normalized spacial score (nSPS) is 19.0. The van der Waals surface area contributed by atoms with E-state index in [9.17, 15) is 0 Å². The Labute approximate surface area is 111 Å². The maximum atomic E-state index is 6.02. The van der Waals surface area contributed by atoms with Crippen molar-refractivity contribution in [2.75, 3.05) is 0 Å². The highest BCUT2D eigenvalue weighted by Crippen LogP contribution is 2.26. The van der Waals surface area contributed by atoms with Gasteiger partial charge >= 0.3 is 0 Å². The van der Waals surface area contributed by atoms with Crippen molar-refractivity contribution in [3.05, 3.63) is 23.7 Å². The predicted octanol–water partition coefficient (Wildman–Crippen LogP) is 5.06. The second-order valence-corrected chi connectivity index (χ2v) is 5.29. The average molecular weight is 250 g/mol. The molecule has 0 fully saturated rings. The molecule has 0 N–H and O–H groups in total. The van der Waals surface area contributed by atoms with Crippen molar-refractivity contribution in [2.45, 2.75) is 77.4 Å². The predicted molar refractivity (Wildman–Crippen MR) is 74.0 cm³/mol. The zero-order valence-electron chi connectivity index (χ0n) is 11.6. The Morgan fingerprint density at radius 2 is 1.61 bits per heavy atom. The largest absolute Gasteiger partial charge is 0.460 e. The highest BCUT2D eigenvalue weighted by atomic mass is 16.7. The summed E-state index contributed by atoms with van der Waals surface area (Å²) >= 11 is 0. The van der Waals surface area contributed by atoms with E-state index < -0.39 is 0 Å². The number of rotatable bonds is 8. The van der Waals surface area contributed by atoms with Gasteiger partial charge in [0.05, 0.1) is 11.5 Å². The van der Waals surface area contributed by atoms with Gasteiger partial charge in [-0.25, -0.2) is 0 Å². The molecular formula is C16H26O2. The monoisotopic (exact) mass is 250 g/mol. The molecule has 0 spiro atoms. The van der Waals surface area contributed by atoms with Crippen LogP contribution in [0, 0.1) is 0 Å². The minimum atomic E-state index is -0.0507. The molecule has 0 bridgehead atoms. The summed E-state index contributed by atoms with van der Waals surface area (Å²) in [5, 5.41) is 0. The zero-order chi connectivity index (χ0) is 12.6. The number of unbranched alkanes of at least 4 members (excludes halogenated alkanes) is 2. The van der Waals surface area contributed by atoms with Crippen molar-refractivity contribution in [1.29, 1.82) is 0 Å². The molecular weight excluding hydrogens is 224 g/mol. The van der Waals surface area contributed by atoms with Crippen LogP contribution in [-0.2, 0) is 9.47 Å². The molecule has 18 heavy (non-hydrogen) atoms. The average Bonchev–Trinajstić information content (AvgIpc) is 3.02. The number of hydrogen-bond acceptors (Lipinski definition) is 2. The van der Waals surface area contributed by atoms with Gasteiger partial charge in [-0.15, -0.1) is 0 Å². The third kappa shape index (κ3) is 4.40. The fourth-order valence-electron chi connectivity index (χ4n) is 2.54. The molecule has 0 aromatic heterocycles. The van der Waals surface area contributed by atoms with E-state index in [4.69, 9.17) is 9.47 Å². The first-order chi connectivity index (χ1) is 8.88. The molecule has 2 nitrogen and oxygen atoms in total. The van der Waals surface area contributed by atoms with Gasteiger partial charge in [-0.2, -0.15) is 0 Å². The van der Waals surface area contributed by atoms with Crippen molar-refractivity contribution < 1.29 is 9.47 Å². The Bertz CT molecular complexity index is 278. The second kappa shape index (κ2) is 7.50. The Morgan fingerprint density at radius 3 is 2.06 bits per heavy atom. The summed E-state index contributed by atoms with van der Waals surface area (Å²) in [6.45, 7) is 2.23. The lowest BCUT2D eigenvalue weighted by atomic mass is 10.2. The molecule has 0 saturated carbocycles. The first kappa shape index (κ1) is 13.5. The Kier molecular flexibility index (Phi) is 5.63. The van der Waals surface area contributed by atoms with Gasteiger partial charge in [0.2, 0.25) is 6.29 Å². The Hall–Kier alpha value is -0.920. The third-order valence-electron chi connectivity index (χ3n) is 3.61. The van der Waals surface area contributed by atoms with Crippen LogP contribution >= 0.6 is 0 Å². The molecule has 0 saturated heterocycles. The minimum Gasteiger partial charge on any atom is -0.460 e. The minimum absolute atomic E-state index is 0.0507. The van der Waals surface area contributed by atoms with Crippen LogP contribution < -0.4 is 0 Å². The van der Waals surface area contributed by atoms with Crippen molar-refractivity contribution in [2.24, 2.45) is 0 Å². The molecule has 2 aliphatic rings. The lowest BCUT2D eigenvalue weighted by Gasteiger charge is -2.22. The maximum Gasteiger partial charge on any atom is 0.240 e. The zero-order valence-corrected chi connectivity index (χ0v) is 11.6. The smallest absolute Gasteiger partial charge is 0.240 e. The SMILES string of the molecule is CCCCCC(OC1=CCCC1)OC1=CCCC1. The van der Waals surface area contributed by atoms with Gasteiger partial charge < -0.3 is 9.47 Å². The molecule has 2 heteroatoms. The van der Waals surface area contributed by atoms with Crippen LogP contribution in [0.5, 0.6) is 0 Å². The molecule has 0 amide bonds. The van der Waals surface area contributed by atoms with E-state index in [2.05, 4.69) is 19.1 Å². The highest BCUT2D eigenvalue weighted by molar-refractivity contribution is 5.02. The highest BCUT2D eigenvalue weighted by Gasteiger charge is 2.17. The van der Waals surface area contributed by atoms with Crippen molar-refractivity contribution in [3.8, 4) is 0 Å². The van der Waals surface area contributed by atoms with Crippen LogP contribution in [0.3, 0.4) is 0 Å². The van der Waals surface area contributed by atoms with Crippen LogP contribution in [0.15, 0.2) is 23.7 Å². The van der Waals surface area contributed by atoms with Gasteiger partial charge in [0.1, 0.15) is 0 Å². The lowest BCUT2D eigenvalue weighted by molar-refractivity contribution is -0.0939. The van der Waals surface area contributed by atoms with E-state index in [1.54, 1.807) is 0 Å². The van der Waals surface area contributed by atoms with Crippen molar-refractivity contribution in [3.63, 3.8) is 0 Å². The molecule has 0 unspecified atom stereocenters. The molecule has 0 aromatic rings. The summed E-state index contributed by atoms with van der Waals surface area (Å²) in [6, 6.07) is 0. The summed E-state index contributed by atoms with van der Waals surface area (Å²) in [5.41, 5.74) is 0. The summed E-state index contributed by atoms with van der Waals surface area (Å²) in [5.74, 6) is 2.30. The summed E-state index contributed by atoms with van der Waals surface area (Å²) in [4.78, 5) is 0. The van der Waals surface area contributed by atoms with E-state index in [1.807, 2.05) is 0 Å². The molecule has 0 radical (unpaired) electrons. The van der Waals surface area contributed by atoms with E-state index in [0.717, 1.165) is 30.8 Å². The Morgan fingerprint density at radius 1 is 1.00 bits per heavy atom. The number of hydrogen-bond donors (Lipinski definition) is 0. The summed E-state index contributed by atoms with van der Waals surface area (Å²) in [6.07, 6.45) is 16.1. The lowest BCUT2D eigenvalue weighted by Crippen LogP contribution is -2.16. The van der Waals surface area contributed by atoms with Crippen molar-refractivity contribution in [1.82, 2.24) is 0 Å². The molecule has 2 rings (SSSR count). The first-order valence-corrected chi connectivity index (χ1v) is 7.60. The van der Waals surface area contributed by atoms with Crippen LogP contribution in [-0.4, -0.2) is 6.29 Å². The topological polar surface area (TPSA) is 18.5 Å². The molecule has 0 heterocycles. The molecule has 0 aromatic carbocycles. The van der Waals surface area contributed by atoms with E-state index in [1.165, 1.54) is 44.9 Å². The molecule has 0 aliphatic heterocycles. The van der Waals surface area contributed by atoms with Gasteiger partial charge in [-0.1, -0.05) is 19.8 Å². The third-order valence-corrected chi connectivity index (χ3v) is 3.61. The summed E-state index contributed by atoms with van der Waals surface area (Å²) in [7, 11) is 0. The second-order valence-electron chi connectivity index (χ2n) is 5.29. The number of allylic oxidation sites excluding steroid dienone is 4. The fraction of sp³-hybridized carbons (Fsp3) is 0.750.